The molecule has 0 radical (unpaired) electrons. The predicted molar refractivity (Wildman–Crippen MR) is 87.1 cm³/mol. The molecule has 1 heterocycles. The summed E-state index contributed by atoms with van der Waals surface area (Å²) in [5.74, 6) is 0.678. The first-order chi connectivity index (χ1) is 10.0. The first-order valence-electron chi connectivity index (χ1n) is 8.81. The Balaban J connectivity index is 1.90. The number of nitrogens with zero attached hydrogens (tertiary/aromatic N) is 2. The summed E-state index contributed by atoms with van der Waals surface area (Å²) in [5.41, 5.74) is 0. The maximum atomic E-state index is 12.6. The lowest BCUT2D eigenvalue weighted by Crippen LogP contribution is -2.43. The maximum Gasteiger partial charge on any atom is 0.241 e. The first kappa shape index (κ1) is 16.8. The second kappa shape index (κ2) is 7.59. The minimum Gasteiger partial charge on any atom is -0.325 e. The topological polar surface area (TPSA) is 35.6 Å². The van der Waals surface area contributed by atoms with E-state index in [1.54, 1.807) is 0 Å². The van der Waals surface area contributed by atoms with Crippen molar-refractivity contribution >= 4 is 5.91 Å². The maximum absolute atomic E-state index is 12.6. The van der Waals surface area contributed by atoms with Crippen molar-refractivity contribution < 1.29 is 4.79 Å². The number of carbonyl (C=O) groups is 1. The molecular formula is C17H33N3O. The fraction of sp³-hybridized carbons (Fsp3) is 0.941. The van der Waals surface area contributed by atoms with E-state index >= 15 is 0 Å². The number of likely N-dealkylation sites (N-methyl/N-ethyl adjacent to an activating group) is 1. The summed E-state index contributed by atoms with van der Waals surface area (Å²) in [6, 6.07) is 0.750. The van der Waals surface area contributed by atoms with Crippen molar-refractivity contribution in [2.45, 2.75) is 77.5 Å². The van der Waals surface area contributed by atoms with E-state index in [0.29, 0.717) is 11.8 Å². The lowest BCUT2D eigenvalue weighted by Gasteiger charge is -2.29. The van der Waals surface area contributed by atoms with Crippen molar-refractivity contribution in [3.05, 3.63) is 0 Å². The number of carbonyl (C=O) groups excluding carboxylic acids is 1. The summed E-state index contributed by atoms with van der Waals surface area (Å²) in [7, 11) is 2.22. The summed E-state index contributed by atoms with van der Waals surface area (Å²) < 4.78 is 0. The van der Waals surface area contributed by atoms with Crippen LogP contribution in [0.2, 0.25) is 0 Å². The molecule has 0 aromatic rings. The Morgan fingerprint density at radius 2 is 2.00 bits per heavy atom. The third-order valence-corrected chi connectivity index (χ3v) is 5.17. The van der Waals surface area contributed by atoms with Gasteiger partial charge in [0.1, 0.15) is 0 Å². The molecule has 1 saturated carbocycles. The van der Waals surface area contributed by atoms with Gasteiger partial charge in [-0.2, -0.15) is 0 Å². The molecule has 4 nitrogen and oxygen atoms in total. The van der Waals surface area contributed by atoms with E-state index in [1.807, 2.05) is 0 Å². The molecule has 2 aliphatic rings. The number of amides is 1. The van der Waals surface area contributed by atoms with Gasteiger partial charge in [0.05, 0.1) is 12.2 Å². The third-order valence-electron chi connectivity index (χ3n) is 5.17. The van der Waals surface area contributed by atoms with Gasteiger partial charge in [-0.1, -0.05) is 40.0 Å². The molecular weight excluding hydrogens is 262 g/mol. The van der Waals surface area contributed by atoms with Gasteiger partial charge in [0.25, 0.3) is 0 Å². The van der Waals surface area contributed by atoms with Crippen LogP contribution in [-0.4, -0.2) is 54.1 Å². The molecule has 2 rings (SSSR count). The van der Waals surface area contributed by atoms with Crippen LogP contribution in [0, 0.1) is 5.92 Å². The number of nitrogens with one attached hydrogen (secondary N) is 1. The molecule has 0 bridgehead atoms. The average Bonchev–Trinajstić information content (AvgIpc) is 3.06. The van der Waals surface area contributed by atoms with Gasteiger partial charge < -0.3 is 9.80 Å². The molecule has 1 N–H and O–H groups in total. The molecule has 0 aromatic heterocycles. The lowest BCUT2D eigenvalue weighted by molar-refractivity contribution is -0.131. The van der Waals surface area contributed by atoms with Crippen molar-refractivity contribution in [2.75, 3.05) is 20.1 Å². The van der Waals surface area contributed by atoms with Crippen molar-refractivity contribution in [2.24, 2.45) is 5.92 Å². The second-order valence-electron chi connectivity index (χ2n) is 7.14. The van der Waals surface area contributed by atoms with Crippen molar-refractivity contribution in [1.82, 2.24) is 15.1 Å². The monoisotopic (exact) mass is 295 g/mol. The lowest BCUT2D eigenvalue weighted by atomic mass is 10.1. The Bertz CT molecular complexity index is 339. The van der Waals surface area contributed by atoms with Crippen LogP contribution in [-0.2, 0) is 4.79 Å². The summed E-state index contributed by atoms with van der Waals surface area (Å²) in [4.78, 5) is 17.2. The highest BCUT2D eigenvalue weighted by Gasteiger charge is 2.39. The Hall–Kier alpha value is -0.610. The quantitative estimate of drug-likeness (QED) is 0.783. The zero-order chi connectivity index (χ0) is 15.4. The van der Waals surface area contributed by atoms with Gasteiger partial charge in [0, 0.05) is 19.1 Å². The summed E-state index contributed by atoms with van der Waals surface area (Å²) in [6.45, 7) is 8.33. The molecule has 21 heavy (non-hydrogen) atoms. The normalized spacial score (nSPS) is 27.5. The van der Waals surface area contributed by atoms with Crippen molar-refractivity contribution in [3.63, 3.8) is 0 Å². The van der Waals surface area contributed by atoms with E-state index in [-0.39, 0.29) is 12.2 Å². The Morgan fingerprint density at radius 1 is 1.33 bits per heavy atom. The van der Waals surface area contributed by atoms with E-state index in [0.717, 1.165) is 32.0 Å². The van der Waals surface area contributed by atoms with Crippen LogP contribution >= 0.6 is 0 Å². The first-order valence-corrected chi connectivity index (χ1v) is 8.81. The van der Waals surface area contributed by atoms with Crippen LogP contribution in [0.25, 0.3) is 0 Å². The standard InChI is InChI=1S/C17H33N3O/c1-5-8-15-18-16(13(2)3)17(21)20(15)12-11-19(4)14-9-6-7-10-14/h13-16,18H,5-12H2,1-4H3. The largest absolute Gasteiger partial charge is 0.325 e. The zero-order valence-corrected chi connectivity index (χ0v) is 14.3. The van der Waals surface area contributed by atoms with E-state index in [1.165, 1.54) is 25.7 Å². The highest BCUT2D eigenvalue weighted by Crippen LogP contribution is 2.23. The van der Waals surface area contributed by atoms with E-state index in [9.17, 15) is 4.79 Å². The minimum absolute atomic E-state index is 0.0123. The molecule has 1 amide bonds. The molecule has 2 unspecified atom stereocenters. The van der Waals surface area contributed by atoms with Gasteiger partial charge >= 0.3 is 0 Å². The molecule has 1 aliphatic carbocycles. The smallest absolute Gasteiger partial charge is 0.241 e. The second-order valence-corrected chi connectivity index (χ2v) is 7.14. The molecule has 1 saturated heterocycles. The van der Waals surface area contributed by atoms with Crippen LogP contribution in [0.5, 0.6) is 0 Å². The molecule has 4 heteroatoms. The van der Waals surface area contributed by atoms with Crippen LogP contribution in [0.3, 0.4) is 0 Å². The van der Waals surface area contributed by atoms with Gasteiger partial charge in [-0.3, -0.25) is 10.1 Å². The van der Waals surface area contributed by atoms with Gasteiger partial charge in [-0.15, -0.1) is 0 Å². The van der Waals surface area contributed by atoms with E-state index in [2.05, 4.69) is 42.9 Å². The molecule has 0 aromatic carbocycles. The average molecular weight is 295 g/mol. The highest BCUT2D eigenvalue weighted by atomic mass is 16.2. The number of hydrogen-bond acceptors (Lipinski definition) is 3. The summed E-state index contributed by atoms with van der Waals surface area (Å²) in [6.07, 6.45) is 7.81. The zero-order valence-electron chi connectivity index (χ0n) is 14.3. The molecule has 2 atom stereocenters. The van der Waals surface area contributed by atoms with Crippen molar-refractivity contribution in [1.29, 1.82) is 0 Å². The van der Waals surface area contributed by atoms with Gasteiger partial charge in [0.15, 0.2) is 0 Å². The molecule has 2 fully saturated rings. The van der Waals surface area contributed by atoms with Gasteiger partial charge in [0.2, 0.25) is 5.91 Å². The Kier molecular flexibility index (Phi) is 6.06. The van der Waals surface area contributed by atoms with Gasteiger partial charge in [-0.25, -0.2) is 0 Å². The summed E-state index contributed by atoms with van der Waals surface area (Å²) in [5, 5.41) is 3.54. The highest BCUT2D eigenvalue weighted by molar-refractivity contribution is 5.84. The van der Waals surface area contributed by atoms with Crippen LogP contribution in [0.4, 0.5) is 0 Å². The fourth-order valence-electron chi connectivity index (χ4n) is 3.75. The molecule has 1 aliphatic heterocycles. The Labute approximate surface area is 130 Å². The predicted octanol–water partition coefficient (Wildman–Crippen LogP) is 2.44. The SMILES string of the molecule is CCCC1NC(C(C)C)C(=O)N1CCN(C)C1CCCC1. The minimum atomic E-state index is 0.0123. The van der Waals surface area contributed by atoms with Crippen LogP contribution in [0.15, 0.2) is 0 Å². The molecule has 0 spiro atoms. The van der Waals surface area contributed by atoms with Crippen LogP contribution in [0.1, 0.15) is 59.3 Å². The third kappa shape index (κ3) is 3.98. The summed E-state index contributed by atoms with van der Waals surface area (Å²) >= 11 is 0. The Morgan fingerprint density at radius 3 is 2.57 bits per heavy atom. The molecule has 122 valence electrons. The number of rotatable bonds is 7. The van der Waals surface area contributed by atoms with Crippen molar-refractivity contribution in [3.8, 4) is 0 Å². The van der Waals surface area contributed by atoms with Crippen LogP contribution < -0.4 is 5.32 Å². The van der Waals surface area contributed by atoms with E-state index in [4.69, 9.17) is 0 Å². The van der Waals surface area contributed by atoms with Gasteiger partial charge in [-0.05, 0) is 32.2 Å². The van der Waals surface area contributed by atoms with E-state index < -0.39 is 0 Å². The number of hydrogen-bond donors (Lipinski definition) is 1. The fourth-order valence-corrected chi connectivity index (χ4v) is 3.75.